The predicted octanol–water partition coefficient (Wildman–Crippen LogP) is 1.23. The lowest BCUT2D eigenvalue weighted by molar-refractivity contribution is -0.126. The van der Waals surface area contributed by atoms with E-state index < -0.39 is 0 Å². The molecule has 2 aliphatic rings. The minimum Gasteiger partial charge on any atom is -0.396 e. The number of aliphatic hydroxyl groups is 1. The van der Waals surface area contributed by atoms with Crippen LogP contribution in [0.2, 0.25) is 0 Å². The Balaban J connectivity index is 2.17. The molecule has 1 N–H and O–H groups in total. The zero-order chi connectivity index (χ0) is 8.93. The number of rotatable bonds is 1. The fraction of sp³-hybridized carbons (Fsp3) is 0.900. The number of hydrogen-bond donors (Lipinski definition) is 1. The number of ketones is 1. The first-order chi connectivity index (χ1) is 5.59. The van der Waals surface area contributed by atoms with Crippen molar-refractivity contribution in [2.75, 3.05) is 6.61 Å². The molecule has 3 atom stereocenters. The summed E-state index contributed by atoms with van der Waals surface area (Å²) >= 11 is 0. The van der Waals surface area contributed by atoms with Crippen molar-refractivity contribution >= 4 is 5.78 Å². The van der Waals surface area contributed by atoms with Crippen LogP contribution < -0.4 is 0 Å². The lowest BCUT2D eigenvalue weighted by Gasteiger charge is -2.17. The molecule has 0 saturated heterocycles. The zero-order valence-corrected chi connectivity index (χ0v) is 7.71. The van der Waals surface area contributed by atoms with Crippen molar-refractivity contribution in [1.29, 1.82) is 0 Å². The van der Waals surface area contributed by atoms with Gasteiger partial charge in [-0.1, -0.05) is 13.8 Å². The molecule has 0 heterocycles. The Morgan fingerprint density at radius 3 is 2.75 bits per heavy atom. The summed E-state index contributed by atoms with van der Waals surface area (Å²) in [6, 6.07) is 0. The summed E-state index contributed by atoms with van der Waals surface area (Å²) < 4.78 is 0. The van der Waals surface area contributed by atoms with Crippen LogP contribution in [-0.4, -0.2) is 17.5 Å². The van der Waals surface area contributed by atoms with Gasteiger partial charge < -0.3 is 5.11 Å². The van der Waals surface area contributed by atoms with E-state index in [0.29, 0.717) is 23.7 Å². The van der Waals surface area contributed by atoms with Crippen LogP contribution in [0.3, 0.4) is 0 Å². The van der Waals surface area contributed by atoms with E-state index in [4.69, 9.17) is 5.11 Å². The topological polar surface area (TPSA) is 37.3 Å². The van der Waals surface area contributed by atoms with E-state index in [1.54, 1.807) is 0 Å². The van der Waals surface area contributed by atoms with Crippen molar-refractivity contribution in [2.24, 2.45) is 23.2 Å². The van der Waals surface area contributed by atoms with Crippen molar-refractivity contribution in [1.82, 2.24) is 0 Å². The van der Waals surface area contributed by atoms with E-state index in [2.05, 4.69) is 13.8 Å². The van der Waals surface area contributed by atoms with Crippen molar-refractivity contribution in [3.05, 3.63) is 0 Å². The first-order valence-electron chi connectivity index (χ1n) is 4.72. The molecule has 0 bridgehead atoms. The predicted molar refractivity (Wildman–Crippen MR) is 45.6 cm³/mol. The largest absolute Gasteiger partial charge is 0.396 e. The fourth-order valence-electron chi connectivity index (χ4n) is 3.04. The average Bonchev–Trinajstić information content (AvgIpc) is 2.55. The second kappa shape index (κ2) is 2.32. The Labute approximate surface area is 73.0 Å². The number of carbonyl (C=O) groups is 1. The van der Waals surface area contributed by atoms with Crippen LogP contribution >= 0.6 is 0 Å². The molecule has 0 amide bonds. The molecule has 2 heteroatoms. The molecule has 2 rings (SSSR count). The Kier molecular flexibility index (Phi) is 1.59. The zero-order valence-electron chi connectivity index (χ0n) is 7.71. The smallest absolute Gasteiger partial charge is 0.138 e. The van der Waals surface area contributed by atoms with E-state index in [-0.39, 0.29) is 18.3 Å². The molecule has 2 nitrogen and oxygen atoms in total. The second-order valence-electron chi connectivity index (χ2n) is 4.75. The molecule has 2 fully saturated rings. The highest BCUT2D eigenvalue weighted by Gasteiger charge is 2.63. The standard InChI is InChI=1S/C10H16O2/c1-10(2)7-3-4-8(12)6(5-11)9(7)10/h6-7,9,11H,3-5H2,1-2H3/t6-,7-,9+/m1/s1. The first kappa shape index (κ1) is 8.24. The monoisotopic (exact) mass is 168 g/mol. The van der Waals surface area contributed by atoms with Crippen LogP contribution in [0, 0.1) is 23.2 Å². The van der Waals surface area contributed by atoms with Gasteiger partial charge in [-0.05, 0) is 23.7 Å². The Morgan fingerprint density at radius 2 is 2.25 bits per heavy atom. The third kappa shape index (κ3) is 0.875. The highest BCUT2D eigenvalue weighted by Crippen LogP contribution is 2.65. The summed E-state index contributed by atoms with van der Waals surface area (Å²) in [5, 5.41) is 9.07. The lowest BCUT2D eigenvalue weighted by Crippen LogP contribution is -2.25. The van der Waals surface area contributed by atoms with Crippen molar-refractivity contribution in [3.63, 3.8) is 0 Å². The van der Waals surface area contributed by atoms with Gasteiger partial charge >= 0.3 is 0 Å². The number of hydrogen-bond acceptors (Lipinski definition) is 2. The van der Waals surface area contributed by atoms with Crippen LogP contribution in [0.1, 0.15) is 26.7 Å². The molecule has 0 aromatic rings. The van der Waals surface area contributed by atoms with E-state index >= 15 is 0 Å². The van der Waals surface area contributed by atoms with Crippen LogP contribution in [0.5, 0.6) is 0 Å². The van der Waals surface area contributed by atoms with Crippen molar-refractivity contribution < 1.29 is 9.90 Å². The fourth-order valence-corrected chi connectivity index (χ4v) is 3.04. The van der Waals surface area contributed by atoms with Crippen LogP contribution in [0.4, 0.5) is 0 Å². The van der Waals surface area contributed by atoms with Gasteiger partial charge in [0.1, 0.15) is 5.78 Å². The van der Waals surface area contributed by atoms with E-state index in [0.717, 1.165) is 6.42 Å². The Bertz CT molecular complexity index is 220. The molecule has 68 valence electrons. The molecular weight excluding hydrogens is 152 g/mol. The van der Waals surface area contributed by atoms with Gasteiger partial charge in [0.2, 0.25) is 0 Å². The van der Waals surface area contributed by atoms with Gasteiger partial charge in [-0.15, -0.1) is 0 Å². The number of aliphatic hydroxyl groups excluding tert-OH is 1. The summed E-state index contributed by atoms with van der Waals surface area (Å²) in [7, 11) is 0. The highest BCUT2D eigenvalue weighted by molar-refractivity contribution is 5.83. The number of Topliss-reactive ketones (excluding diaryl/α,β-unsaturated/α-hetero) is 1. The van der Waals surface area contributed by atoms with E-state index in [9.17, 15) is 4.79 Å². The minimum atomic E-state index is -0.0428. The molecular formula is C10H16O2. The summed E-state index contributed by atoms with van der Waals surface area (Å²) in [5.74, 6) is 1.42. The van der Waals surface area contributed by atoms with E-state index in [1.165, 1.54) is 0 Å². The maximum absolute atomic E-state index is 11.4. The maximum Gasteiger partial charge on any atom is 0.138 e. The Morgan fingerprint density at radius 1 is 1.58 bits per heavy atom. The third-order valence-corrected chi connectivity index (χ3v) is 3.88. The molecule has 0 aromatic heterocycles. The summed E-state index contributed by atoms with van der Waals surface area (Å²) in [6.45, 7) is 4.48. The van der Waals surface area contributed by atoms with Gasteiger partial charge in [0.15, 0.2) is 0 Å². The van der Waals surface area contributed by atoms with Gasteiger partial charge in [-0.3, -0.25) is 4.79 Å². The lowest BCUT2D eigenvalue weighted by atomic mass is 9.88. The molecule has 0 spiro atoms. The average molecular weight is 168 g/mol. The van der Waals surface area contributed by atoms with Gasteiger partial charge in [0.25, 0.3) is 0 Å². The normalized spacial score (nSPS) is 43.9. The molecule has 2 saturated carbocycles. The maximum atomic E-state index is 11.4. The molecule has 2 aliphatic carbocycles. The third-order valence-electron chi connectivity index (χ3n) is 3.88. The highest BCUT2D eigenvalue weighted by atomic mass is 16.3. The number of fused-ring (bicyclic) bond motifs is 1. The summed E-state index contributed by atoms with van der Waals surface area (Å²) in [4.78, 5) is 11.4. The quantitative estimate of drug-likeness (QED) is 0.639. The summed E-state index contributed by atoms with van der Waals surface area (Å²) in [6.07, 6.45) is 1.74. The minimum absolute atomic E-state index is 0.0428. The second-order valence-corrected chi connectivity index (χ2v) is 4.75. The van der Waals surface area contributed by atoms with Gasteiger partial charge in [0.05, 0.1) is 6.61 Å². The Hall–Kier alpha value is -0.370. The first-order valence-corrected chi connectivity index (χ1v) is 4.72. The van der Waals surface area contributed by atoms with Gasteiger partial charge in [0, 0.05) is 12.3 Å². The van der Waals surface area contributed by atoms with Crippen molar-refractivity contribution in [2.45, 2.75) is 26.7 Å². The number of carbonyl (C=O) groups excluding carboxylic acids is 1. The van der Waals surface area contributed by atoms with Crippen LogP contribution in [0.15, 0.2) is 0 Å². The van der Waals surface area contributed by atoms with Gasteiger partial charge in [-0.25, -0.2) is 0 Å². The molecule has 12 heavy (non-hydrogen) atoms. The molecule has 0 aliphatic heterocycles. The van der Waals surface area contributed by atoms with E-state index in [1.807, 2.05) is 0 Å². The van der Waals surface area contributed by atoms with Gasteiger partial charge in [-0.2, -0.15) is 0 Å². The SMILES string of the molecule is CC1(C)[C@H]2[C@H](CO)C(=O)CC[C@H]21. The summed E-state index contributed by atoms with van der Waals surface area (Å²) in [5.41, 5.74) is 0.319. The van der Waals surface area contributed by atoms with Crippen LogP contribution in [0.25, 0.3) is 0 Å². The molecule has 0 aromatic carbocycles. The molecule has 0 radical (unpaired) electrons. The van der Waals surface area contributed by atoms with Crippen LogP contribution in [-0.2, 0) is 4.79 Å². The molecule has 0 unspecified atom stereocenters. The van der Waals surface area contributed by atoms with Crippen molar-refractivity contribution in [3.8, 4) is 0 Å².